The molecule has 21 heavy (non-hydrogen) atoms. The van der Waals surface area contributed by atoms with Gasteiger partial charge in [-0.05, 0) is 14.1 Å². The zero-order valence-electron chi connectivity index (χ0n) is 14.2. The third-order valence-electron chi connectivity index (χ3n) is 2.89. The molecule has 1 aromatic rings. The maximum atomic E-state index is 5.56. The minimum atomic E-state index is -0.0779. The molecule has 0 radical (unpaired) electrons. The van der Waals surface area contributed by atoms with Gasteiger partial charge in [0.1, 0.15) is 17.5 Å². The van der Waals surface area contributed by atoms with Crippen LogP contribution in [0.4, 0.5) is 11.6 Å². The molecule has 0 amide bonds. The fraction of sp³-hybridized carbons (Fsp3) is 0.733. The fourth-order valence-corrected chi connectivity index (χ4v) is 1.60. The van der Waals surface area contributed by atoms with Crippen LogP contribution >= 0.6 is 0 Å². The number of anilines is 2. The Labute approximate surface area is 128 Å². The molecule has 1 heterocycles. The highest BCUT2D eigenvalue weighted by Crippen LogP contribution is 2.21. The number of aromatic nitrogens is 2. The molecule has 1 rings (SSSR count). The van der Waals surface area contributed by atoms with E-state index in [2.05, 4.69) is 46.3 Å². The third kappa shape index (κ3) is 6.73. The molecule has 0 aromatic carbocycles. The Balaban J connectivity index is 2.51. The highest BCUT2D eigenvalue weighted by Gasteiger charge is 2.18. The van der Waals surface area contributed by atoms with Crippen LogP contribution in [-0.4, -0.2) is 62.3 Å². The van der Waals surface area contributed by atoms with E-state index in [4.69, 9.17) is 4.74 Å². The Hall–Kier alpha value is -1.40. The highest BCUT2D eigenvalue weighted by molar-refractivity contribution is 5.47. The monoisotopic (exact) mass is 295 g/mol. The van der Waals surface area contributed by atoms with Gasteiger partial charge in [-0.1, -0.05) is 20.8 Å². The molecule has 1 aromatic heterocycles. The van der Waals surface area contributed by atoms with Gasteiger partial charge in [-0.15, -0.1) is 0 Å². The van der Waals surface area contributed by atoms with Gasteiger partial charge in [0.05, 0.1) is 13.2 Å². The Kier molecular flexibility index (Phi) is 6.84. The predicted molar refractivity (Wildman–Crippen MR) is 88.1 cm³/mol. The number of rotatable bonds is 8. The quantitative estimate of drug-likeness (QED) is 0.713. The maximum absolute atomic E-state index is 5.56. The van der Waals surface area contributed by atoms with Gasteiger partial charge >= 0.3 is 0 Å². The first-order valence-corrected chi connectivity index (χ1v) is 7.36. The molecular formula is C15H29N5O. The molecule has 120 valence electrons. The van der Waals surface area contributed by atoms with Crippen molar-refractivity contribution in [3.63, 3.8) is 0 Å². The van der Waals surface area contributed by atoms with Crippen molar-refractivity contribution in [1.82, 2.24) is 14.9 Å². The van der Waals surface area contributed by atoms with E-state index in [0.717, 1.165) is 37.2 Å². The lowest BCUT2D eigenvalue weighted by Crippen LogP contribution is -2.21. The number of ether oxygens (including phenoxy) is 1. The SMILES string of the molecule is CNc1cc(NCCOCCN(C)C)nc(C(C)(C)C)n1. The third-order valence-corrected chi connectivity index (χ3v) is 2.89. The number of likely N-dealkylation sites (N-methyl/N-ethyl adjacent to an activating group) is 1. The van der Waals surface area contributed by atoms with Crippen molar-refractivity contribution in [3.05, 3.63) is 11.9 Å². The van der Waals surface area contributed by atoms with Crippen LogP contribution < -0.4 is 10.6 Å². The molecule has 0 saturated heterocycles. The van der Waals surface area contributed by atoms with Crippen molar-refractivity contribution in [2.45, 2.75) is 26.2 Å². The zero-order valence-corrected chi connectivity index (χ0v) is 14.2. The minimum absolute atomic E-state index is 0.0779. The highest BCUT2D eigenvalue weighted by atomic mass is 16.5. The zero-order chi connectivity index (χ0) is 15.9. The molecule has 0 bridgehead atoms. The number of hydrogen-bond donors (Lipinski definition) is 2. The summed E-state index contributed by atoms with van der Waals surface area (Å²) >= 11 is 0. The second-order valence-electron chi connectivity index (χ2n) is 6.30. The summed E-state index contributed by atoms with van der Waals surface area (Å²) < 4.78 is 5.56. The van der Waals surface area contributed by atoms with Crippen molar-refractivity contribution < 1.29 is 4.74 Å². The minimum Gasteiger partial charge on any atom is -0.378 e. The normalized spacial score (nSPS) is 11.8. The molecular weight excluding hydrogens is 266 g/mol. The van der Waals surface area contributed by atoms with E-state index in [1.54, 1.807) is 0 Å². The van der Waals surface area contributed by atoms with E-state index in [1.165, 1.54) is 0 Å². The summed E-state index contributed by atoms with van der Waals surface area (Å²) in [7, 11) is 5.94. The van der Waals surface area contributed by atoms with Gasteiger partial charge < -0.3 is 20.3 Å². The summed E-state index contributed by atoms with van der Waals surface area (Å²) in [5.74, 6) is 2.48. The van der Waals surface area contributed by atoms with Crippen LogP contribution in [0.5, 0.6) is 0 Å². The fourth-order valence-electron chi connectivity index (χ4n) is 1.60. The maximum Gasteiger partial charge on any atom is 0.138 e. The average Bonchev–Trinajstić information content (AvgIpc) is 2.41. The van der Waals surface area contributed by atoms with E-state index in [9.17, 15) is 0 Å². The van der Waals surface area contributed by atoms with Gasteiger partial charge in [-0.2, -0.15) is 0 Å². The lowest BCUT2D eigenvalue weighted by atomic mass is 9.96. The lowest BCUT2D eigenvalue weighted by molar-refractivity contribution is 0.126. The van der Waals surface area contributed by atoms with Crippen molar-refractivity contribution in [2.75, 3.05) is 58.1 Å². The topological polar surface area (TPSA) is 62.3 Å². The Bertz CT molecular complexity index is 429. The van der Waals surface area contributed by atoms with E-state index in [0.29, 0.717) is 6.61 Å². The van der Waals surface area contributed by atoms with Crippen LogP contribution in [0.3, 0.4) is 0 Å². The van der Waals surface area contributed by atoms with Crippen molar-refractivity contribution in [3.8, 4) is 0 Å². The van der Waals surface area contributed by atoms with E-state index >= 15 is 0 Å². The molecule has 0 unspecified atom stereocenters. The summed E-state index contributed by atoms with van der Waals surface area (Å²) in [6.07, 6.45) is 0. The molecule has 6 nitrogen and oxygen atoms in total. The first kappa shape index (κ1) is 17.7. The van der Waals surface area contributed by atoms with E-state index in [-0.39, 0.29) is 5.41 Å². The summed E-state index contributed by atoms with van der Waals surface area (Å²) in [5.41, 5.74) is -0.0779. The lowest BCUT2D eigenvalue weighted by Gasteiger charge is -2.19. The molecule has 0 fully saturated rings. The van der Waals surface area contributed by atoms with Crippen LogP contribution in [0.25, 0.3) is 0 Å². The van der Waals surface area contributed by atoms with Gasteiger partial charge in [0.2, 0.25) is 0 Å². The summed E-state index contributed by atoms with van der Waals surface area (Å²) in [6.45, 7) is 9.40. The smallest absolute Gasteiger partial charge is 0.138 e. The summed E-state index contributed by atoms with van der Waals surface area (Å²) in [6, 6.07) is 1.91. The number of nitrogens with one attached hydrogen (secondary N) is 2. The van der Waals surface area contributed by atoms with Gasteiger partial charge in [-0.25, -0.2) is 9.97 Å². The van der Waals surface area contributed by atoms with Gasteiger partial charge in [0, 0.05) is 31.6 Å². The molecule has 2 N–H and O–H groups in total. The molecule has 6 heteroatoms. The van der Waals surface area contributed by atoms with E-state index in [1.807, 2.05) is 27.2 Å². The molecule has 0 saturated carbocycles. The second kappa shape index (κ2) is 8.14. The summed E-state index contributed by atoms with van der Waals surface area (Å²) in [5, 5.41) is 6.37. The standard InChI is InChI=1S/C15H29N5O/c1-15(2,3)14-18-12(16-4)11-13(19-14)17-7-9-21-10-8-20(5)6/h11H,7-10H2,1-6H3,(H2,16,17,18,19). The Morgan fingerprint density at radius 1 is 1.14 bits per heavy atom. The molecule has 0 spiro atoms. The molecule has 0 aliphatic rings. The second-order valence-corrected chi connectivity index (χ2v) is 6.30. The molecule has 0 atom stereocenters. The van der Waals surface area contributed by atoms with Gasteiger partial charge in [0.25, 0.3) is 0 Å². The van der Waals surface area contributed by atoms with Gasteiger partial charge in [-0.3, -0.25) is 0 Å². The van der Waals surface area contributed by atoms with Crippen LogP contribution in [0.2, 0.25) is 0 Å². The van der Waals surface area contributed by atoms with Crippen LogP contribution in [0.1, 0.15) is 26.6 Å². The largest absolute Gasteiger partial charge is 0.378 e. The van der Waals surface area contributed by atoms with Crippen molar-refractivity contribution >= 4 is 11.6 Å². The van der Waals surface area contributed by atoms with Crippen molar-refractivity contribution in [1.29, 1.82) is 0 Å². The number of nitrogens with zero attached hydrogens (tertiary/aromatic N) is 3. The van der Waals surface area contributed by atoms with Crippen LogP contribution in [0, 0.1) is 0 Å². The summed E-state index contributed by atoms with van der Waals surface area (Å²) in [4.78, 5) is 11.2. The van der Waals surface area contributed by atoms with E-state index < -0.39 is 0 Å². The Morgan fingerprint density at radius 3 is 2.38 bits per heavy atom. The van der Waals surface area contributed by atoms with Crippen LogP contribution in [-0.2, 0) is 10.2 Å². The number of hydrogen-bond acceptors (Lipinski definition) is 6. The van der Waals surface area contributed by atoms with Crippen LogP contribution in [0.15, 0.2) is 6.07 Å². The molecule has 0 aliphatic heterocycles. The Morgan fingerprint density at radius 2 is 1.81 bits per heavy atom. The first-order valence-electron chi connectivity index (χ1n) is 7.36. The molecule has 0 aliphatic carbocycles. The predicted octanol–water partition coefficient (Wildman–Crippen LogP) is 1.81. The van der Waals surface area contributed by atoms with Gasteiger partial charge in [0.15, 0.2) is 0 Å². The van der Waals surface area contributed by atoms with Crippen molar-refractivity contribution in [2.24, 2.45) is 0 Å². The first-order chi connectivity index (χ1) is 9.82. The average molecular weight is 295 g/mol.